The molecule has 4 rings (SSSR count). The van der Waals surface area contributed by atoms with E-state index in [9.17, 15) is 0 Å². The maximum atomic E-state index is 3.76. The van der Waals surface area contributed by atoms with Crippen molar-refractivity contribution >= 4 is 10.9 Å². The predicted octanol–water partition coefficient (Wildman–Crippen LogP) is 4.67. The largest absolute Gasteiger partial charge is 0.357 e. The van der Waals surface area contributed by atoms with Crippen molar-refractivity contribution in [3.8, 4) is 0 Å². The third kappa shape index (κ3) is 1.96. The van der Waals surface area contributed by atoms with Gasteiger partial charge in [0, 0.05) is 23.1 Å². The van der Waals surface area contributed by atoms with E-state index in [0.29, 0.717) is 11.5 Å². The third-order valence-electron chi connectivity index (χ3n) is 6.33. The van der Waals surface area contributed by atoms with Crippen molar-refractivity contribution in [3.63, 3.8) is 0 Å². The van der Waals surface area contributed by atoms with Gasteiger partial charge in [0.05, 0.1) is 6.04 Å². The molecule has 0 radical (unpaired) electrons. The van der Waals surface area contributed by atoms with Gasteiger partial charge in [-0.15, -0.1) is 0 Å². The standard InChI is InChI=1S/C19H26N2/c1-3-19(4-2)10-12-21-11-9-15-14-7-5-6-8-16(14)20-18(15)17(21)13-19/h5-8,17,20H,3-4,9-13H2,1-2H3. The van der Waals surface area contributed by atoms with Crippen LogP contribution in [0.2, 0.25) is 0 Å². The monoisotopic (exact) mass is 282 g/mol. The van der Waals surface area contributed by atoms with Crippen LogP contribution < -0.4 is 0 Å². The van der Waals surface area contributed by atoms with Gasteiger partial charge in [0.25, 0.3) is 0 Å². The van der Waals surface area contributed by atoms with Gasteiger partial charge >= 0.3 is 0 Å². The summed E-state index contributed by atoms with van der Waals surface area (Å²) >= 11 is 0. The SMILES string of the molecule is CCC1(CC)CCN2CCc3c([nH]c4ccccc34)C2C1. The zero-order valence-corrected chi connectivity index (χ0v) is 13.3. The second-order valence-electron chi connectivity index (χ2n) is 7.03. The predicted molar refractivity (Wildman–Crippen MR) is 88.6 cm³/mol. The zero-order chi connectivity index (χ0) is 14.4. The van der Waals surface area contributed by atoms with E-state index in [2.05, 4.69) is 48.0 Å². The van der Waals surface area contributed by atoms with Crippen LogP contribution in [0.15, 0.2) is 24.3 Å². The first-order valence-corrected chi connectivity index (χ1v) is 8.60. The van der Waals surface area contributed by atoms with Crippen molar-refractivity contribution in [1.29, 1.82) is 0 Å². The van der Waals surface area contributed by atoms with Crippen molar-refractivity contribution < 1.29 is 0 Å². The van der Waals surface area contributed by atoms with Gasteiger partial charge in [-0.05, 0) is 42.9 Å². The number of rotatable bonds is 2. The topological polar surface area (TPSA) is 19.0 Å². The molecule has 2 heteroatoms. The maximum absolute atomic E-state index is 3.76. The van der Waals surface area contributed by atoms with E-state index in [1.807, 2.05) is 0 Å². The molecule has 2 aliphatic heterocycles. The Hall–Kier alpha value is -1.28. The Labute approximate surface area is 127 Å². The van der Waals surface area contributed by atoms with Crippen LogP contribution in [0, 0.1) is 5.41 Å². The molecule has 2 aliphatic rings. The summed E-state index contributed by atoms with van der Waals surface area (Å²) in [5.74, 6) is 0. The molecule has 0 spiro atoms. The van der Waals surface area contributed by atoms with Gasteiger partial charge in [0.1, 0.15) is 0 Å². The van der Waals surface area contributed by atoms with Gasteiger partial charge < -0.3 is 4.98 Å². The zero-order valence-electron chi connectivity index (χ0n) is 13.3. The molecule has 1 aromatic heterocycles. The number of aromatic nitrogens is 1. The van der Waals surface area contributed by atoms with Crippen LogP contribution in [0.3, 0.4) is 0 Å². The van der Waals surface area contributed by atoms with Crippen molar-refractivity contribution in [2.24, 2.45) is 5.41 Å². The highest BCUT2D eigenvalue weighted by atomic mass is 15.2. The fourth-order valence-electron chi connectivity index (χ4n) is 4.65. The molecule has 0 saturated carbocycles. The molecule has 0 aliphatic carbocycles. The highest BCUT2D eigenvalue weighted by Gasteiger charge is 2.41. The van der Waals surface area contributed by atoms with E-state index < -0.39 is 0 Å². The Morgan fingerprint density at radius 1 is 1.19 bits per heavy atom. The molecule has 21 heavy (non-hydrogen) atoms. The van der Waals surface area contributed by atoms with E-state index in [-0.39, 0.29) is 0 Å². The van der Waals surface area contributed by atoms with Crippen LogP contribution in [-0.4, -0.2) is 23.0 Å². The van der Waals surface area contributed by atoms with Gasteiger partial charge in [-0.25, -0.2) is 0 Å². The van der Waals surface area contributed by atoms with Crippen LogP contribution in [0.1, 0.15) is 56.8 Å². The van der Waals surface area contributed by atoms with Crippen LogP contribution >= 0.6 is 0 Å². The maximum Gasteiger partial charge on any atom is 0.0506 e. The lowest BCUT2D eigenvalue weighted by Crippen LogP contribution is -2.45. The minimum Gasteiger partial charge on any atom is -0.357 e. The molecule has 2 nitrogen and oxygen atoms in total. The summed E-state index contributed by atoms with van der Waals surface area (Å²) in [6.45, 7) is 7.28. The van der Waals surface area contributed by atoms with Crippen molar-refractivity contribution in [2.75, 3.05) is 13.1 Å². The molecule has 1 atom stereocenters. The van der Waals surface area contributed by atoms with E-state index in [1.165, 1.54) is 61.8 Å². The Morgan fingerprint density at radius 2 is 2.00 bits per heavy atom. The van der Waals surface area contributed by atoms with Gasteiger partial charge in [0.2, 0.25) is 0 Å². The molecule has 1 saturated heterocycles. The lowest BCUT2D eigenvalue weighted by atomic mass is 9.70. The number of H-pyrrole nitrogens is 1. The normalized spacial score (nSPS) is 24.8. The smallest absolute Gasteiger partial charge is 0.0506 e. The molecule has 0 bridgehead atoms. The fraction of sp³-hybridized carbons (Fsp3) is 0.579. The number of nitrogens with zero attached hydrogens (tertiary/aromatic N) is 1. The minimum atomic E-state index is 0.563. The van der Waals surface area contributed by atoms with E-state index >= 15 is 0 Å². The molecule has 2 aromatic rings. The molecule has 1 fully saturated rings. The number of fused-ring (bicyclic) bond motifs is 5. The summed E-state index contributed by atoms with van der Waals surface area (Å²) < 4.78 is 0. The molecule has 1 N–H and O–H groups in total. The first kappa shape index (κ1) is 13.4. The minimum absolute atomic E-state index is 0.563. The van der Waals surface area contributed by atoms with Crippen LogP contribution in [0.25, 0.3) is 10.9 Å². The van der Waals surface area contributed by atoms with Gasteiger partial charge in [-0.2, -0.15) is 0 Å². The quantitative estimate of drug-likeness (QED) is 0.848. The second kappa shape index (κ2) is 4.88. The van der Waals surface area contributed by atoms with Crippen LogP contribution in [-0.2, 0) is 6.42 Å². The Bertz CT molecular complexity index is 651. The summed E-state index contributed by atoms with van der Waals surface area (Å²) in [5, 5.41) is 1.45. The highest BCUT2D eigenvalue weighted by molar-refractivity contribution is 5.85. The van der Waals surface area contributed by atoms with Crippen molar-refractivity contribution in [3.05, 3.63) is 35.5 Å². The fourth-order valence-corrected chi connectivity index (χ4v) is 4.65. The summed E-state index contributed by atoms with van der Waals surface area (Å²) in [4.78, 5) is 6.48. The van der Waals surface area contributed by atoms with E-state index in [4.69, 9.17) is 0 Å². The van der Waals surface area contributed by atoms with Gasteiger partial charge in [-0.3, -0.25) is 4.90 Å². The first-order valence-electron chi connectivity index (χ1n) is 8.60. The van der Waals surface area contributed by atoms with Crippen LogP contribution in [0.5, 0.6) is 0 Å². The number of nitrogens with one attached hydrogen (secondary N) is 1. The highest BCUT2D eigenvalue weighted by Crippen LogP contribution is 2.48. The molecule has 1 unspecified atom stereocenters. The number of para-hydroxylation sites is 1. The average molecular weight is 282 g/mol. The molecule has 112 valence electrons. The lowest BCUT2D eigenvalue weighted by molar-refractivity contribution is 0.0347. The lowest BCUT2D eigenvalue weighted by Gasteiger charge is -2.48. The van der Waals surface area contributed by atoms with Crippen molar-refractivity contribution in [1.82, 2.24) is 9.88 Å². The first-order chi connectivity index (χ1) is 10.3. The number of aromatic amines is 1. The Kier molecular flexibility index (Phi) is 3.11. The Morgan fingerprint density at radius 3 is 2.81 bits per heavy atom. The molecule has 3 heterocycles. The summed E-state index contributed by atoms with van der Waals surface area (Å²) in [6.07, 6.45) is 6.57. The number of hydrogen-bond acceptors (Lipinski definition) is 1. The third-order valence-corrected chi connectivity index (χ3v) is 6.33. The van der Waals surface area contributed by atoms with Gasteiger partial charge in [-0.1, -0.05) is 44.9 Å². The molecule has 0 amide bonds. The summed E-state index contributed by atoms with van der Waals surface area (Å²) in [7, 11) is 0. The Balaban J connectivity index is 1.78. The molecular weight excluding hydrogens is 256 g/mol. The van der Waals surface area contributed by atoms with E-state index in [0.717, 1.165) is 0 Å². The van der Waals surface area contributed by atoms with E-state index in [1.54, 1.807) is 5.56 Å². The van der Waals surface area contributed by atoms with Crippen molar-refractivity contribution in [2.45, 2.75) is 52.0 Å². The number of benzene rings is 1. The average Bonchev–Trinajstić information content (AvgIpc) is 2.93. The summed E-state index contributed by atoms with van der Waals surface area (Å²) in [6, 6.07) is 9.45. The number of piperidine rings is 1. The molecular formula is C19H26N2. The van der Waals surface area contributed by atoms with Crippen LogP contribution in [0.4, 0.5) is 0 Å². The summed E-state index contributed by atoms with van der Waals surface area (Å²) in [5.41, 5.74) is 5.00. The second-order valence-corrected chi connectivity index (χ2v) is 7.03. The molecule has 1 aromatic carbocycles. The van der Waals surface area contributed by atoms with Gasteiger partial charge in [0.15, 0.2) is 0 Å². The number of hydrogen-bond donors (Lipinski definition) is 1.